The Morgan fingerprint density at radius 3 is 2.10 bits per heavy atom. The van der Waals surface area contributed by atoms with E-state index in [-0.39, 0.29) is 5.41 Å². The van der Waals surface area contributed by atoms with Crippen LogP contribution in [0.4, 0.5) is 0 Å². The summed E-state index contributed by atoms with van der Waals surface area (Å²) in [6.45, 7) is 6.72. The molecule has 3 aromatic heterocycles. The van der Waals surface area contributed by atoms with E-state index in [2.05, 4.69) is 148 Å². The van der Waals surface area contributed by atoms with Crippen molar-refractivity contribution in [3.63, 3.8) is 0 Å². The minimum Gasteiger partial charge on any atom is -0.458 e. The van der Waals surface area contributed by atoms with Crippen molar-refractivity contribution >= 4 is 38.9 Å². The summed E-state index contributed by atoms with van der Waals surface area (Å²) in [7, 11) is 0. The van der Waals surface area contributed by atoms with Gasteiger partial charge in [-0.05, 0) is 71.6 Å². The highest BCUT2D eigenvalue weighted by Gasteiger charge is 2.23. The monoisotopic (exact) mass is 623 g/mol. The zero-order chi connectivity index (χ0) is 32.4. The van der Waals surface area contributed by atoms with Crippen molar-refractivity contribution in [2.24, 2.45) is 0 Å². The summed E-state index contributed by atoms with van der Waals surface area (Å²) >= 11 is 0. The predicted octanol–water partition coefficient (Wildman–Crippen LogP) is 9.54. The summed E-state index contributed by atoms with van der Waals surface area (Å²) in [5.41, 5.74) is 10.6. The third kappa shape index (κ3) is 4.48. The maximum Gasteiger partial charge on any atom is 0.269 e. The van der Waals surface area contributed by atoms with Crippen molar-refractivity contribution in [2.75, 3.05) is 0 Å². The quantitative estimate of drug-likeness (QED) is 0.142. The molecule has 48 heavy (non-hydrogen) atoms. The number of nitrogens with zero attached hydrogens (tertiary/aromatic N) is 5. The Morgan fingerprint density at radius 2 is 1.29 bits per heavy atom. The molecule has 9 rings (SSSR count). The number of rotatable bonds is 5. The summed E-state index contributed by atoms with van der Waals surface area (Å²) in [4.78, 5) is 5.28. The van der Waals surface area contributed by atoms with Crippen LogP contribution in [0.15, 0.2) is 146 Å². The highest BCUT2D eigenvalue weighted by atomic mass is 16.5. The number of hydrogen-bond acceptors (Lipinski definition) is 2. The van der Waals surface area contributed by atoms with E-state index >= 15 is 0 Å². The summed E-state index contributed by atoms with van der Waals surface area (Å²) in [5.74, 6) is 2.37. The van der Waals surface area contributed by atoms with Gasteiger partial charge in [-0.2, -0.15) is 0 Å². The van der Waals surface area contributed by atoms with E-state index in [1.54, 1.807) is 0 Å². The molecule has 3 heterocycles. The highest BCUT2D eigenvalue weighted by Crippen LogP contribution is 2.36. The maximum atomic E-state index is 6.61. The first-order valence-corrected chi connectivity index (χ1v) is 16.2. The van der Waals surface area contributed by atoms with Crippen molar-refractivity contribution in [2.45, 2.75) is 26.2 Å². The molecule has 0 aliphatic carbocycles. The van der Waals surface area contributed by atoms with Gasteiger partial charge in [-0.3, -0.25) is 18.1 Å². The summed E-state index contributed by atoms with van der Waals surface area (Å²) < 4.78 is 15.3. The van der Waals surface area contributed by atoms with Gasteiger partial charge < -0.3 is 4.74 Å². The Balaban J connectivity index is 1.17. The van der Waals surface area contributed by atoms with E-state index in [9.17, 15) is 0 Å². The van der Waals surface area contributed by atoms with E-state index in [4.69, 9.17) is 9.72 Å². The fraction of sp³-hybridized carbons (Fsp3) is 0.0952. The molecule has 9 aromatic rings. The highest BCUT2D eigenvalue weighted by molar-refractivity contribution is 5.94. The van der Waals surface area contributed by atoms with Crippen LogP contribution in [-0.4, -0.2) is 18.5 Å². The fourth-order valence-corrected chi connectivity index (χ4v) is 6.80. The number of fused-ring (bicyclic) bond motifs is 6. The van der Waals surface area contributed by atoms with Gasteiger partial charge in [0.1, 0.15) is 11.5 Å². The molecule has 6 nitrogen and oxygen atoms in total. The van der Waals surface area contributed by atoms with Crippen molar-refractivity contribution in [3.8, 4) is 28.6 Å². The molecule has 0 spiro atoms. The second-order valence-corrected chi connectivity index (χ2v) is 13.2. The molecule has 0 unspecified atom stereocenters. The number of aromatic nitrogens is 5. The van der Waals surface area contributed by atoms with Crippen LogP contribution in [0.3, 0.4) is 0 Å². The van der Waals surface area contributed by atoms with Crippen molar-refractivity contribution < 1.29 is 9.30 Å². The van der Waals surface area contributed by atoms with Crippen LogP contribution in [0.1, 0.15) is 26.3 Å². The molecule has 0 bridgehead atoms. The molecule has 0 saturated heterocycles. The maximum absolute atomic E-state index is 6.61. The molecule has 0 aliphatic heterocycles. The van der Waals surface area contributed by atoms with Gasteiger partial charge in [0.2, 0.25) is 5.78 Å². The third-order valence-corrected chi connectivity index (χ3v) is 9.01. The van der Waals surface area contributed by atoms with E-state index in [1.165, 1.54) is 5.56 Å². The average Bonchev–Trinajstić information content (AvgIpc) is 3.78. The molecule has 0 amide bonds. The smallest absolute Gasteiger partial charge is 0.269 e. The largest absolute Gasteiger partial charge is 0.458 e. The van der Waals surface area contributed by atoms with E-state index < -0.39 is 0 Å². The molecule has 0 aliphatic rings. The Hall–Kier alpha value is -6.14. The second kappa shape index (κ2) is 10.7. The van der Waals surface area contributed by atoms with Crippen LogP contribution >= 0.6 is 0 Å². The number of para-hydroxylation sites is 5. The summed E-state index contributed by atoms with van der Waals surface area (Å²) in [6, 6.07) is 50.1. The number of benzene rings is 6. The Kier molecular flexibility index (Phi) is 6.27. The molecule has 0 N–H and O–H groups in total. The Labute approximate surface area is 278 Å². The van der Waals surface area contributed by atoms with Crippen LogP contribution in [0.25, 0.3) is 55.9 Å². The van der Waals surface area contributed by atoms with Gasteiger partial charge in [0.25, 0.3) is 6.33 Å². The molecule has 232 valence electrons. The van der Waals surface area contributed by atoms with Gasteiger partial charge in [0, 0.05) is 11.8 Å². The zero-order valence-corrected chi connectivity index (χ0v) is 27.0. The molecule has 6 heteroatoms. The lowest BCUT2D eigenvalue weighted by Crippen LogP contribution is -2.29. The van der Waals surface area contributed by atoms with Crippen LogP contribution in [0, 0.1) is 6.33 Å². The number of hydrogen-bond donors (Lipinski definition) is 0. The van der Waals surface area contributed by atoms with Gasteiger partial charge in [0.15, 0.2) is 0 Å². The van der Waals surface area contributed by atoms with Crippen LogP contribution in [-0.2, 0) is 5.41 Å². The molecule has 6 aromatic carbocycles. The number of ether oxygens (including phenoxy) is 1. The van der Waals surface area contributed by atoms with E-state index in [0.717, 1.165) is 67.4 Å². The molecule has 0 radical (unpaired) electrons. The van der Waals surface area contributed by atoms with Gasteiger partial charge in [0.05, 0.1) is 44.5 Å². The predicted molar refractivity (Wildman–Crippen MR) is 192 cm³/mol. The van der Waals surface area contributed by atoms with Crippen molar-refractivity contribution in [1.82, 2.24) is 18.5 Å². The molecular formula is C42H33N5O. The third-order valence-electron chi connectivity index (χ3n) is 9.01. The fourth-order valence-electron chi connectivity index (χ4n) is 6.80. The first-order chi connectivity index (χ1) is 23.4. The minimum absolute atomic E-state index is 0.0472. The van der Waals surface area contributed by atoms with Gasteiger partial charge in [-0.1, -0.05) is 99.6 Å². The SMILES string of the molecule is CC(C)(C)c1cccc2c1nc1n(-c3ccccc3)c3ccc(Oc4cccc(-n5[c-][n+](-c6ccccc6)c6ccccc65)c4)cc3n21. The normalized spacial score (nSPS) is 12.1. The summed E-state index contributed by atoms with van der Waals surface area (Å²) in [5, 5.41) is 0. The molecule has 0 saturated carbocycles. The van der Waals surface area contributed by atoms with E-state index in [0.29, 0.717) is 0 Å². The minimum atomic E-state index is -0.0472. The van der Waals surface area contributed by atoms with Gasteiger partial charge in [-0.15, -0.1) is 0 Å². The molecular weight excluding hydrogens is 590 g/mol. The lowest BCUT2D eigenvalue weighted by Gasteiger charge is -2.19. The van der Waals surface area contributed by atoms with Crippen LogP contribution in [0.2, 0.25) is 0 Å². The molecule has 0 atom stereocenters. The van der Waals surface area contributed by atoms with Crippen molar-refractivity contribution in [1.29, 1.82) is 0 Å². The Morgan fingerprint density at radius 1 is 0.604 bits per heavy atom. The Bertz CT molecular complexity index is 2620. The average molecular weight is 624 g/mol. The lowest BCUT2D eigenvalue weighted by atomic mass is 9.86. The zero-order valence-electron chi connectivity index (χ0n) is 27.0. The van der Waals surface area contributed by atoms with Gasteiger partial charge in [-0.25, -0.2) is 4.98 Å². The van der Waals surface area contributed by atoms with Crippen LogP contribution < -0.4 is 9.30 Å². The summed E-state index contributed by atoms with van der Waals surface area (Å²) in [6.07, 6.45) is 3.57. The first-order valence-electron chi connectivity index (χ1n) is 16.2. The van der Waals surface area contributed by atoms with Crippen LogP contribution in [0.5, 0.6) is 11.5 Å². The van der Waals surface area contributed by atoms with E-state index in [1.807, 2.05) is 42.5 Å². The van der Waals surface area contributed by atoms with Crippen molar-refractivity contribution in [3.05, 3.63) is 157 Å². The topological polar surface area (TPSA) is 40.3 Å². The second-order valence-electron chi connectivity index (χ2n) is 13.2. The number of imidazole rings is 3. The lowest BCUT2D eigenvalue weighted by molar-refractivity contribution is -0.572. The first kappa shape index (κ1) is 28.1. The van der Waals surface area contributed by atoms with Gasteiger partial charge >= 0.3 is 0 Å². The molecule has 0 fully saturated rings. The standard InChI is InChI=1S/C42H33N5O/c1-42(2,3)34-20-13-23-38-40(34)43-41-46(30-16-8-5-9-17-30)37-25-24-33(27-39(37)47(38)41)48-32-19-12-18-31(26-32)45-28-44(29-14-6-4-7-15-29)35-21-10-11-22-36(35)45/h4-27H,1-3H3.